The number of allylic oxidation sites excluding steroid dienone is 1. The molecule has 0 amide bonds. The number of hydrogen-bond acceptors (Lipinski definition) is 3. The number of aliphatic carboxylic acids is 2. The Labute approximate surface area is 87.4 Å². The zero-order chi connectivity index (χ0) is 12.2. The minimum absolute atomic E-state index is 0.0697. The molecule has 0 saturated carbocycles. The summed E-state index contributed by atoms with van der Waals surface area (Å²) in [5.41, 5.74) is -0.186. The van der Waals surface area contributed by atoms with Gasteiger partial charge in [0.15, 0.2) is 0 Å². The van der Waals surface area contributed by atoms with Gasteiger partial charge in [0.1, 0.15) is 5.76 Å². The lowest BCUT2D eigenvalue weighted by Gasteiger charge is -2.07. The normalized spacial score (nSPS) is 14.1. The summed E-state index contributed by atoms with van der Waals surface area (Å²) in [6.07, 6.45) is 0.130. The van der Waals surface area contributed by atoms with Crippen LogP contribution in [0.4, 0.5) is 0 Å². The first-order valence-corrected chi connectivity index (χ1v) is 4.39. The Bertz CT molecular complexity index is 349. The molecule has 0 aromatic heterocycles. The number of carboxylic acid groups (broad SMARTS) is 2. The van der Waals surface area contributed by atoms with E-state index in [1.807, 2.05) is 0 Å². The van der Waals surface area contributed by atoms with Gasteiger partial charge in [-0.15, -0.1) is 0 Å². The van der Waals surface area contributed by atoms with Crippen molar-refractivity contribution in [1.29, 1.82) is 0 Å². The van der Waals surface area contributed by atoms with Crippen LogP contribution >= 0.6 is 0 Å². The topological polar surface area (TPSA) is 94.8 Å². The van der Waals surface area contributed by atoms with E-state index >= 15 is 0 Å². The van der Waals surface area contributed by atoms with Crippen molar-refractivity contribution in [3.63, 3.8) is 0 Å². The van der Waals surface area contributed by atoms with Crippen LogP contribution in [0.1, 0.15) is 27.2 Å². The zero-order valence-corrected chi connectivity index (χ0v) is 8.87. The molecule has 0 saturated heterocycles. The van der Waals surface area contributed by atoms with E-state index in [1.165, 1.54) is 13.8 Å². The van der Waals surface area contributed by atoms with Crippen molar-refractivity contribution < 1.29 is 24.9 Å². The molecule has 15 heavy (non-hydrogen) atoms. The maximum Gasteiger partial charge on any atom is 0.335 e. The lowest BCUT2D eigenvalue weighted by Crippen LogP contribution is -2.07. The van der Waals surface area contributed by atoms with Gasteiger partial charge >= 0.3 is 11.9 Å². The second-order valence-corrected chi connectivity index (χ2v) is 3.04. The molecule has 5 nitrogen and oxygen atoms in total. The van der Waals surface area contributed by atoms with Crippen LogP contribution in [0.3, 0.4) is 0 Å². The standard InChI is InChI=1S/C10H14O5/c1-4-7(10(14)15)8(11)5(2)6(3)9(12)13/h11H,4H2,1-3H3,(H,12,13)(H,14,15). The molecule has 0 unspecified atom stereocenters. The lowest BCUT2D eigenvalue weighted by atomic mass is 10.0. The van der Waals surface area contributed by atoms with Crippen LogP contribution in [0.5, 0.6) is 0 Å². The monoisotopic (exact) mass is 214 g/mol. The molecule has 5 heteroatoms. The number of aliphatic hydroxyl groups is 1. The van der Waals surface area contributed by atoms with Crippen molar-refractivity contribution >= 4 is 11.9 Å². The van der Waals surface area contributed by atoms with Crippen molar-refractivity contribution in [1.82, 2.24) is 0 Å². The Morgan fingerprint density at radius 2 is 1.40 bits per heavy atom. The first kappa shape index (κ1) is 13.2. The zero-order valence-electron chi connectivity index (χ0n) is 8.87. The molecular weight excluding hydrogens is 200 g/mol. The molecule has 0 rings (SSSR count). The Hall–Kier alpha value is -1.78. The Morgan fingerprint density at radius 3 is 1.67 bits per heavy atom. The Kier molecular flexibility index (Phi) is 4.57. The third kappa shape index (κ3) is 3.12. The third-order valence-corrected chi connectivity index (χ3v) is 2.14. The van der Waals surface area contributed by atoms with E-state index in [-0.39, 0.29) is 23.1 Å². The minimum atomic E-state index is -1.24. The minimum Gasteiger partial charge on any atom is -0.507 e. The summed E-state index contributed by atoms with van der Waals surface area (Å²) in [6.45, 7) is 4.25. The highest BCUT2D eigenvalue weighted by Crippen LogP contribution is 2.18. The van der Waals surface area contributed by atoms with Crippen molar-refractivity contribution in [3.8, 4) is 0 Å². The summed E-state index contributed by atoms with van der Waals surface area (Å²) in [5, 5.41) is 26.9. The van der Waals surface area contributed by atoms with E-state index in [4.69, 9.17) is 10.2 Å². The van der Waals surface area contributed by atoms with Gasteiger partial charge in [-0.05, 0) is 20.3 Å². The van der Waals surface area contributed by atoms with Crippen LogP contribution in [0.15, 0.2) is 22.5 Å². The molecular formula is C10H14O5. The summed E-state index contributed by atoms with van der Waals surface area (Å²) < 4.78 is 0. The molecule has 0 aromatic rings. The molecule has 0 aliphatic carbocycles. The largest absolute Gasteiger partial charge is 0.507 e. The van der Waals surface area contributed by atoms with Crippen LogP contribution in [0.2, 0.25) is 0 Å². The lowest BCUT2D eigenvalue weighted by molar-refractivity contribution is -0.134. The van der Waals surface area contributed by atoms with E-state index in [2.05, 4.69) is 0 Å². The van der Waals surface area contributed by atoms with Gasteiger partial charge in [0.2, 0.25) is 0 Å². The number of aliphatic hydroxyl groups excluding tert-OH is 1. The first-order valence-electron chi connectivity index (χ1n) is 4.39. The molecule has 0 aliphatic rings. The number of rotatable bonds is 4. The molecule has 3 N–H and O–H groups in total. The second kappa shape index (κ2) is 5.19. The van der Waals surface area contributed by atoms with Gasteiger partial charge < -0.3 is 15.3 Å². The van der Waals surface area contributed by atoms with Crippen LogP contribution in [0.25, 0.3) is 0 Å². The molecule has 0 fully saturated rings. The maximum absolute atomic E-state index is 10.7. The summed E-state index contributed by atoms with van der Waals surface area (Å²) >= 11 is 0. The predicted molar refractivity (Wildman–Crippen MR) is 53.6 cm³/mol. The fourth-order valence-electron chi connectivity index (χ4n) is 0.984. The molecule has 84 valence electrons. The van der Waals surface area contributed by atoms with Gasteiger partial charge in [0, 0.05) is 11.1 Å². The molecule has 0 bridgehead atoms. The van der Waals surface area contributed by atoms with Crippen LogP contribution < -0.4 is 0 Å². The molecule has 0 radical (unpaired) electrons. The average molecular weight is 214 g/mol. The second-order valence-electron chi connectivity index (χ2n) is 3.04. The smallest absolute Gasteiger partial charge is 0.335 e. The van der Waals surface area contributed by atoms with Crippen LogP contribution in [0, 0.1) is 0 Å². The van der Waals surface area contributed by atoms with E-state index in [9.17, 15) is 14.7 Å². The van der Waals surface area contributed by atoms with Gasteiger partial charge in [-0.3, -0.25) is 0 Å². The summed E-state index contributed by atoms with van der Waals surface area (Å²) in [4.78, 5) is 21.3. The highest BCUT2D eigenvalue weighted by molar-refractivity contribution is 5.90. The van der Waals surface area contributed by atoms with E-state index < -0.39 is 17.7 Å². The van der Waals surface area contributed by atoms with Crippen molar-refractivity contribution in [2.24, 2.45) is 0 Å². The Balaban J connectivity index is 5.49. The highest BCUT2D eigenvalue weighted by Gasteiger charge is 2.16. The van der Waals surface area contributed by atoms with Gasteiger partial charge in [0.05, 0.1) is 5.57 Å². The van der Waals surface area contributed by atoms with Crippen molar-refractivity contribution in [2.45, 2.75) is 27.2 Å². The quantitative estimate of drug-likeness (QED) is 0.376. The third-order valence-electron chi connectivity index (χ3n) is 2.14. The highest BCUT2D eigenvalue weighted by atomic mass is 16.4. The van der Waals surface area contributed by atoms with Gasteiger partial charge in [-0.2, -0.15) is 0 Å². The van der Waals surface area contributed by atoms with Gasteiger partial charge in [-0.1, -0.05) is 6.92 Å². The fourth-order valence-corrected chi connectivity index (χ4v) is 0.984. The van der Waals surface area contributed by atoms with Gasteiger partial charge in [-0.25, -0.2) is 9.59 Å². The van der Waals surface area contributed by atoms with E-state index in [0.717, 1.165) is 0 Å². The SMILES string of the molecule is CCC(C(=O)O)=C(O)C(C)=C(C)C(=O)O. The first-order chi connectivity index (χ1) is 6.82. The van der Waals surface area contributed by atoms with Crippen LogP contribution in [-0.4, -0.2) is 27.3 Å². The summed E-state index contributed by atoms with van der Waals surface area (Å²) in [5.74, 6) is -2.89. The molecule has 0 aliphatic heterocycles. The average Bonchev–Trinajstić information content (AvgIpc) is 2.15. The molecule has 0 heterocycles. The van der Waals surface area contributed by atoms with Crippen molar-refractivity contribution in [2.75, 3.05) is 0 Å². The number of carboxylic acids is 2. The van der Waals surface area contributed by atoms with Crippen LogP contribution in [-0.2, 0) is 9.59 Å². The van der Waals surface area contributed by atoms with E-state index in [1.54, 1.807) is 6.92 Å². The van der Waals surface area contributed by atoms with E-state index in [0.29, 0.717) is 0 Å². The molecule has 0 atom stereocenters. The fraction of sp³-hybridized carbons (Fsp3) is 0.400. The predicted octanol–water partition coefficient (Wildman–Crippen LogP) is 1.71. The summed E-state index contributed by atoms with van der Waals surface area (Å²) in [7, 11) is 0. The maximum atomic E-state index is 10.7. The Morgan fingerprint density at radius 1 is 0.933 bits per heavy atom. The van der Waals surface area contributed by atoms with Gasteiger partial charge in [0.25, 0.3) is 0 Å². The molecule has 0 spiro atoms. The number of carbonyl (C=O) groups is 2. The van der Waals surface area contributed by atoms with Crippen molar-refractivity contribution in [3.05, 3.63) is 22.5 Å². The number of hydrogen-bond donors (Lipinski definition) is 3. The molecule has 0 aromatic carbocycles. The summed E-state index contributed by atoms with van der Waals surface area (Å²) in [6, 6.07) is 0.